The summed E-state index contributed by atoms with van der Waals surface area (Å²) in [5.41, 5.74) is 3.99. The quantitative estimate of drug-likeness (QED) is 0.437. The van der Waals surface area contributed by atoms with Crippen molar-refractivity contribution in [3.63, 3.8) is 0 Å². The first-order chi connectivity index (χ1) is 14.7. The predicted molar refractivity (Wildman–Crippen MR) is 113 cm³/mol. The van der Waals surface area contributed by atoms with Gasteiger partial charge in [0.15, 0.2) is 12.6 Å². The summed E-state index contributed by atoms with van der Waals surface area (Å²) < 4.78 is 48.5. The van der Waals surface area contributed by atoms with Gasteiger partial charge in [0, 0.05) is 31.5 Å². The molecule has 0 aliphatic rings. The Hall–Kier alpha value is -2.75. The molecule has 10 heteroatoms. The number of nitrogens with zero attached hydrogens (tertiary/aromatic N) is 3. The maximum Gasteiger partial charge on any atom is 0.422 e. The van der Waals surface area contributed by atoms with Crippen molar-refractivity contribution < 1.29 is 22.6 Å². The average molecular weight is 441 g/mol. The van der Waals surface area contributed by atoms with Gasteiger partial charge < -0.3 is 20.1 Å². The fourth-order valence-corrected chi connectivity index (χ4v) is 2.93. The highest BCUT2D eigenvalue weighted by molar-refractivity contribution is 5.79. The van der Waals surface area contributed by atoms with Crippen LogP contribution in [0.3, 0.4) is 0 Å². The topological polar surface area (TPSA) is 72.7 Å². The molecule has 1 heterocycles. The van der Waals surface area contributed by atoms with E-state index in [1.807, 2.05) is 25.5 Å². The van der Waals surface area contributed by atoms with E-state index in [2.05, 4.69) is 20.7 Å². The highest BCUT2D eigenvalue weighted by Gasteiger charge is 2.28. The van der Waals surface area contributed by atoms with Crippen molar-refractivity contribution in [1.29, 1.82) is 0 Å². The number of halogens is 3. The summed E-state index contributed by atoms with van der Waals surface area (Å²) in [5, 5.41) is 11.1. The van der Waals surface area contributed by atoms with E-state index in [-0.39, 0.29) is 5.75 Å². The van der Waals surface area contributed by atoms with Crippen LogP contribution < -0.4 is 15.4 Å². The Morgan fingerprint density at radius 1 is 1.16 bits per heavy atom. The van der Waals surface area contributed by atoms with Gasteiger partial charge >= 0.3 is 6.18 Å². The number of methoxy groups -OCH3 is 1. The Kier molecular flexibility index (Phi) is 9.17. The van der Waals surface area contributed by atoms with Gasteiger partial charge in [-0.2, -0.15) is 18.3 Å². The molecule has 0 bridgehead atoms. The summed E-state index contributed by atoms with van der Waals surface area (Å²) in [6.07, 6.45) is -4.35. The lowest BCUT2D eigenvalue weighted by atomic mass is 10.2. The van der Waals surface area contributed by atoms with Crippen LogP contribution in [-0.2, 0) is 24.4 Å². The molecule has 0 radical (unpaired) electrons. The zero-order valence-corrected chi connectivity index (χ0v) is 18.3. The first-order valence-electron chi connectivity index (χ1n) is 10.1. The monoisotopic (exact) mass is 441 g/mol. The number of hydrogen-bond donors (Lipinski definition) is 2. The van der Waals surface area contributed by atoms with Gasteiger partial charge in [0.05, 0.1) is 25.4 Å². The Labute approximate surface area is 180 Å². The second kappa shape index (κ2) is 11.6. The third-order valence-electron chi connectivity index (χ3n) is 4.56. The molecule has 1 aromatic carbocycles. The van der Waals surface area contributed by atoms with Gasteiger partial charge in [-0.3, -0.25) is 4.68 Å². The third-order valence-corrected chi connectivity index (χ3v) is 4.56. The smallest absolute Gasteiger partial charge is 0.422 e. The van der Waals surface area contributed by atoms with Crippen LogP contribution in [0, 0.1) is 13.8 Å². The number of ether oxygens (including phenoxy) is 2. The van der Waals surface area contributed by atoms with Gasteiger partial charge in [0.25, 0.3) is 0 Å². The van der Waals surface area contributed by atoms with Crippen molar-refractivity contribution >= 4 is 5.96 Å². The maximum atomic E-state index is 12.2. The molecule has 31 heavy (non-hydrogen) atoms. The van der Waals surface area contributed by atoms with Crippen LogP contribution in [-0.4, -0.2) is 48.8 Å². The van der Waals surface area contributed by atoms with Crippen LogP contribution in [0.15, 0.2) is 29.3 Å². The molecule has 0 saturated heterocycles. The molecular formula is C21H30F3N5O2. The largest absolute Gasteiger partial charge is 0.484 e. The molecule has 172 valence electrons. The number of aromatic nitrogens is 2. The summed E-state index contributed by atoms with van der Waals surface area (Å²) in [6.45, 7) is 7.60. The van der Waals surface area contributed by atoms with Crippen molar-refractivity contribution in [3.05, 3.63) is 46.8 Å². The lowest BCUT2D eigenvalue weighted by Gasteiger charge is -2.12. The van der Waals surface area contributed by atoms with Crippen molar-refractivity contribution in [2.75, 3.05) is 26.9 Å². The molecule has 0 fully saturated rings. The van der Waals surface area contributed by atoms with Gasteiger partial charge in [0.1, 0.15) is 5.75 Å². The third kappa shape index (κ3) is 8.12. The van der Waals surface area contributed by atoms with Crippen molar-refractivity contribution in [1.82, 2.24) is 20.4 Å². The number of benzene rings is 1. The van der Waals surface area contributed by atoms with E-state index in [1.54, 1.807) is 19.2 Å². The molecule has 2 N–H and O–H groups in total. The molecule has 0 amide bonds. The van der Waals surface area contributed by atoms with E-state index in [1.165, 1.54) is 12.1 Å². The van der Waals surface area contributed by atoms with E-state index in [0.29, 0.717) is 38.7 Å². The fraction of sp³-hybridized carbons (Fsp3) is 0.524. The highest BCUT2D eigenvalue weighted by atomic mass is 19.4. The van der Waals surface area contributed by atoms with E-state index in [9.17, 15) is 13.2 Å². The Balaban J connectivity index is 1.97. The minimum absolute atomic E-state index is 0.173. The molecule has 0 aliphatic carbocycles. The molecule has 0 atom stereocenters. The van der Waals surface area contributed by atoms with E-state index in [4.69, 9.17) is 9.47 Å². The minimum Gasteiger partial charge on any atom is -0.484 e. The fourth-order valence-electron chi connectivity index (χ4n) is 2.93. The van der Waals surface area contributed by atoms with Crippen molar-refractivity contribution in [2.24, 2.45) is 4.99 Å². The van der Waals surface area contributed by atoms with Crippen LogP contribution in [0.4, 0.5) is 13.2 Å². The minimum atomic E-state index is -4.35. The molecule has 0 unspecified atom stereocenters. The van der Waals surface area contributed by atoms with E-state index < -0.39 is 12.8 Å². The maximum absolute atomic E-state index is 12.2. The molecule has 2 rings (SSSR count). The number of hydrogen-bond acceptors (Lipinski definition) is 4. The lowest BCUT2D eigenvalue weighted by molar-refractivity contribution is -0.153. The van der Waals surface area contributed by atoms with Crippen LogP contribution >= 0.6 is 0 Å². The second-order valence-corrected chi connectivity index (χ2v) is 6.96. The Bertz CT molecular complexity index is 848. The van der Waals surface area contributed by atoms with Crippen LogP contribution in [0.25, 0.3) is 0 Å². The van der Waals surface area contributed by atoms with Gasteiger partial charge in [-0.1, -0.05) is 12.1 Å². The second-order valence-electron chi connectivity index (χ2n) is 6.96. The van der Waals surface area contributed by atoms with Gasteiger partial charge in [-0.15, -0.1) is 0 Å². The molecule has 0 spiro atoms. The Morgan fingerprint density at radius 3 is 2.48 bits per heavy atom. The molecule has 1 aromatic heterocycles. The number of guanidine groups is 1. The molecule has 2 aromatic rings. The molecule has 7 nitrogen and oxygen atoms in total. The van der Waals surface area contributed by atoms with Crippen molar-refractivity contribution in [3.8, 4) is 5.75 Å². The first-order valence-corrected chi connectivity index (χ1v) is 10.1. The van der Waals surface area contributed by atoms with Gasteiger partial charge in [-0.25, -0.2) is 4.99 Å². The number of alkyl halides is 3. The lowest BCUT2D eigenvalue weighted by Crippen LogP contribution is -2.37. The average Bonchev–Trinajstić information content (AvgIpc) is 3.00. The first kappa shape index (κ1) is 24.5. The van der Waals surface area contributed by atoms with Crippen molar-refractivity contribution in [2.45, 2.75) is 46.6 Å². The molecule has 0 saturated carbocycles. The number of aliphatic imine (C=N–C) groups is 1. The van der Waals surface area contributed by atoms with Gasteiger partial charge in [0.2, 0.25) is 0 Å². The summed E-state index contributed by atoms with van der Waals surface area (Å²) in [6, 6.07) is 6.43. The molecular weight excluding hydrogens is 411 g/mol. The summed E-state index contributed by atoms with van der Waals surface area (Å²) in [4.78, 5) is 4.56. The summed E-state index contributed by atoms with van der Waals surface area (Å²) in [7, 11) is 1.66. The van der Waals surface area contributed by atoms with Crippen LogP contribution in [0.1, 0.15) is 29.4 Å². The summed E-state index contributed by atoms with van der Waals surface area (Å²) in [5.74, 6) is 0.815. The standard InChI is InChI=1S/C21H30F3N5O2/c1-5-25-20(27-13-19-15(2)28-29(16(19)3)10-11-30-4)26-12-17-6-8-18(9-7-17)31-14-21(22,23)24/h6-9H,5,10-14H2,1-4H3,(H2,25,26,27). The zero-order chi connectivity index (χ0) is 22.9. The Morgan fingerprint density at radius 2 is 1.87 bits per heavy atom. The number of nitrogens with one attached hydrogen (secondary N) is 2. The van der Waals surface area contributed by atoms with Gasteiger partial charge in [-0.05, 0) is 38.5 Å². The number of aryl methyl sites for hydroxylation is 1. The molecule has 0 aliphatic heterocycles. The van der Waals surface area contributed by atoms with Crippen LogP contribution in [0.2, 0.25) is 0 Å². The van der Waals surface area contributed by atoms with E-state index >= 15 is 0 Å². The predicted octanol–water partition coefficient (Wildman–Crippen LogP) is 3.34. The number of rotatable bonds is 10. The van der Waals surface area contributed by atoms with E-state index in [0.717, 1.165) is 22.5 Å². The normalized spacial score (nSPS) is 12.2. The highest BCUT2D eigenvalue weighted by Crippen LogP contribution is 2.19. The SMILES string of the molecule is CCNC(=NCc1ccc(OCC(F)(F)F)cc1)NCc1c(C)nn(CCOC)c1C. The van der Waals surface area contributed by atoms with Crippen LogP contribution in [0.5, 0.6) is 5.75 Å². The zero-order valence-electron chi connectivity index (χ0n) is 18.3. The summed E-state index contributed by atoms with van der Waals surface area (Å²) >= 11 is 0.